The molecule has 1 N–H and O–H groups in total. The summed E-state index contributed by atoms with van der Waals surface area (Å²) in [7, 11) is 0. The van der Waals surface area contributed by atoms with Gasteiger partial charge in [-0.3, -0.25) is 4.98 Å². The molecule has 0 saturated heterocycles. The molecule has 0 spiro atoms. The molecular weight excluding hydrogens is 246 g/mol. The van der Waals surface area contributed by atoms with Crippen LogP contribution in [-0.2, 0) is 11.2 Å². The van der Waals surface area contributed by atoms with Crippen molar-refractivity contribution in [2.45, 2.75) is 57.7 Å². The van der Waals surface area contributed by atoms with Gasteiger partial charge in [-0.05, 0) is 38.5 Å². The molecule has 0 aliphatic heterocycles. The third-order valence-electron chi connectivity index (χ3n) is 4.04. The molecule has 0 amide bonds. The van der Waals surface area contributed by atoms with Gasteiger partial charge in [0.25, 0.3) is 0 Å². The Morgan fingerprint density at radius 3 is 2.83 bits per heavy atom. The number of rotatable bonds is 5. The van der Waals surface area contributed by atoms with Gasteiger partial charge in [0.1, 0.15) is 0 Å². The number of hydrogen-bond acceptors (Lipinski definition) is 4. The number of nitrogens with zero attached hydrogens (tertiary/aromatic N) is 1. The van der Waals surface area contributed by atoms with Crippen molar-refractivity contribution in [1.82, 2.24) is 4.98 Å². The summed E-state index contributed by atoms with van der Waals surface area (Å²) in [6, 6.07) is 0. The second-order valence-corrected chi connectivity index (χ2v) is 6.34. The van der Waals surface area contributed by atoms with Crippen LogP contribution in [-0.4, -0.2) is 28.4 Å². The standard InChI is InChI=1S/C14H23NO2S/c1-3-17-14(6-4-11(2)5-7-14)13(16)8-12-9-15-10-18-12/h9-11,13,16H,3-8H2,1-2H3. The monoisotopic (exact) mass is 269 g/mol. The molecule has 3 nitrogen and oxygen atoms in total. The van der Waals surface area contributed by atoms with Gasteiger partial charge in [-0.15, -0.1) is 11.3 Å². The summed E-state index contributed by atoms with van der Waals surface area (Å²) in [5, 5.41) is 10.6. The zero-order chi connectivity index (χ0) is 13.0. The van der Waals surface area contributed by atoms with Gasteiger partial charge >= 0.3 is 0 Å². The van der Waals surface area contributed by atoms with Crippen molar-refractivity contribution < 1.29 is 9.84 Å². The minimum atomic E-state index is -0.412. The Kier molecular flexibility index (Phi) is 4.76. The SMILES string of the molecule is CCOC1(C(O)Cc2cncs2)CCC(C)CC1. The Morgan fingerprint density at radius 1 is 1.56 bits per heavy atom. The van der Waals surface area contributed by atoms with Crippen LogP contribution in [0.1, 0.15) is 44.4 Å². The minimum Gasteiger partial charge on any atom is -0.390 e. The Hall–Kier alpha value is -0.450. The smallest absolute Gasteiger partial charge is 0.0943 e. The van der Waals surface area contributed by atoms with E-state index in [-0.39, 0.29) is 5.60 Å². The van der Waals surface area contributed by atoms with Crippen molar-refractivity contribution in [2.24, 2.45) is 5.92 Å². The molecule has 1 aromatic heterocycles. The quantitative estimate of drug-likeness (QED) is 0.893. The molecule has 102 valence electrons. The second kappa shape index (κ2) is 6.13. The molecule has 1 saturated carbocycles. The van der Waals surface area contributed by atoms with E-state index in [0.717, 1.165) is 36.5 Å². The molecule has 1 unspecified atom stereocenters. The molecular formula is C14H23NO2S. The highest BCUT2D eigenvalue weighted by molar-refractivity contribution is 7.09. The lowest BCUT2D eigenvalue weighted by Crippen LogP contribution is -2.48. The van der Waals surface area contributed by atoms with Crippen LogP contribution in [0, 0.1) is 5.92 Å². The van der Waals surface area contributed by atoms with Crippen molar-refractivity contribution in [2.75, 3.05) is 6.61 Å². The number of aliphatic hydroxyl groups excluding tert-OH is 1. The van der Waals surface area contributed by atoms with Crippen LogP contribution in [0.3, 0.4) is 0 Å². The first-order valence-electron chi connectivity index (χ1n) is 6.85. The van der Waals surface area contributed by atoms with Crippen LogP contribution in [0.2, 0.25) is 0 Å². The lowest BCUT2D eigenvalue weighted by atomic mass is 9.75. The second-order valence-electron chi connectivity index (χ2n) is 5.37. The molecule has 1 aromatic rings. The highest BCUT2D eigenvalue weighted by atomic mass is 32.1. The summed E-state index contributed by atoms with van der Waals surface area (Å²) in [6.45, 7) is 4.97. The third-order valence-corrected chi connectivity index (χ3v) is 4.84. The van der Waals surface area contributed by atoms with E-state index < -0.39 is 6.10 Å². The summed E-state index contributed by atoms with van der Waals surface area (Å²) in [5.74, 6) is 0.759. The molecule has 1 heterocycles. The van der Waals surface area contributed by atoms with E-state index in [1.165, 1.54) is 0 Å². The number of aliphatic hydroxyl groups is 1. The molecule has 1 aliphatic rings. The number of ether oxygens (including phenoxy) is 1. The Bertz CT molecular complexity index is 345. The predicted octanol–water partition coefficient (Wildman–Crippen LogP) is 3.03. The summed E-state index contributed by atoms with van der Waals surface area (Å²) in [6.07, 6.45) is 6.35. The van der Waals surface area contributed by atoms with Crippen molar-refractivity contribution >= 4 is 11.3 Å². The van der Waals surface area contributed by atoms with Gasteiger partial charge in [0.05, 0.1) is 17.2 Å². The summed E-state index contributed by atoms with van der Waals surface area (Å²) in [4.78, 5) is 5.21. The van der Waals surface area contributed by atoms with E-state index in [1.54, 1.807) is 11.3 Å². The van der Waals surface area contributed by atoms with Crippen molar-refractivity contribution in [1.29, 1.82) is 0 Å². The van der Waals surface area contributed by atoms with Gasteiger partial charge < -0.3 is 9.84 Å². The fourth-order valence-corrected chi connectivity index (χ4v) is 3.46. The maximum absolute atomic E-state index is 10.6. The van der Waals surface area contributed by atoms with Gasteiger partial charge in [0.2, 0.25) is 0 Å². The van der Waals surface area contributed by atoms with E-state index in [1.807, 2.05) is 18.6 Å². The number of hydrogen-bond donors (Lipinski definition) is 1. The van der Waals surface area contributed by atoms with Crippen LogP contribution >= 0.6 is 11.3 Å². The van der Waals surface area contributed by atoms with Gasteiger partial charge in [-0.2, -0.15) is 0 Å². The first kappa shape index (κ1) is 14.0. The van der Waals surface area contributed by atoms with Crippen LogP contribution in [0.15, 0.2) is 11.7 Å². The lowest BCUT2D eigenvalue weighted by Gasteiger charge is -2.42. The maximum Gasteiger partial charge on any atom is 0.0943 e. The molecule has 0 radical (unpaired) electrons. The van der Waals surface area contributed by atoms with Gasteiger partial charge in [-0.25, -0.2) is 0 Å². The van der Waals surface area contributed by atoms with Crippen LogP contribution in [0.25, 0.3) is 0 Å². The van der Waals surface area contributed by atoms with Gasteiger partial charge in [0, 0.05) is 24.1 Å². The molecule has 4 heteroatoms. The van der Waals surface area contributed by atoms with Gasteiger partial charge in [0.15, 0.2) is 0 Å². The van der Waals surface area contributed by atoms with Crippen LogP contribution in [0.5, 0.6) is 0 Å². The largest absolute Gasteiger partial charge is 0.390 e. The minimum absolute atomic E-state index is 0.328. The molecule has 0 aromatic carbocycles. The average Bonchev–Trinajstić information content (AvgIpc) is 2.85. The summed E-state index contributed by atoms with van der Waals surface area (Å²) in [5.41, 5.74) is 1.49. The van der Waals surface area contributed by atoms with Crippen LogP contribution in [0.4, 0.5) is 0 Å². The first-order valence-corrected chi connectivity index (χ1v) is 7.73. The number of thiazole rings is 1. The Labute approximate surface area is 113 Å². The van der Waals surface area contributed by atoms with Gasteiger partial charge in [-0.1, -0.05) is 6.92 Å². The normalized spacial score (nSPS) is 30.3. The summed E-state index contributed by atoms with van der Waals surface area (Å²) >= 11 is 1.61. The predicted molar refractivity (Wildman–Crippen MR) is 73.8 cm³/mol. The number of aromatic nitrogens is 1. The maximum atomic E-state index is 10.6. The molecule has 2 rings (SSSR count). The van der Waals surface area contributed by atoms with Crippen molar-refractivity contribution in [3.8, 4) is 0 Å². The van der Waals surface area contributed by atoms with E-state index >= 15 is 0 Å². The molecule has 1 atom stereocenters. The van der Waals surface area contributed by atoms with E-state index in [4.69, 9.17) is 4.74 Å². The Morgan fingerprint density at radius 2 is 2.28 bits per heavy atom. The highest BCUT2D eigenvalue weighted by Crippen LogP contribution is 2.38. The zero-order valence-corrected chi connectivity index (χ0v) is 12.1. The zero-order valence-electron chi connectivity index (χ0n) is 11.3. The van der Waals surface area contributed by atoms with E-state index in [9.17, 15) is 5.11 Å². The van der Waals surface area contributed by atoms with Crippen LogP contribution < -0.4 is 0 Å². The Balaban J connectivity index is 2.04. The molecule has 1 aliphatic carbocycles. The molecule has 1 fully saturated rings. The van der Waals surface area contributed by atoms with E-state index in [0.29, 0.717) is 13.0 Å². The molecule has 18 heavy (non-hydrogen) atoms. The first-order chi connectivity index (χ1) is 8.66. The van der Waals surface area contributed by atoms with Crippen molar-refractivity contribution in [3.05, 3.63) is 16.6 Å². The van der Waals surface area contributed by atoms with E-state index in [2.05, 4.69) is 11.9 Å². The molecule has 0 bridgehead atoms. The van der Waals surface area contributed by atoms with Crippen molar-refractivity contribution in [3.63, 3.8) is 0 Å². The highest BCUT2D eigenvalue weighted by Gasteiger charge is 2.41. The average molecular weight is 269 g/mol. The lowest BCUT2D eigenvalue weighted by molar-refractivity contribution is -0.143. The third kappa shape index (κ3) is 3.11. The topological polar surface area (TPSA) is 42.4 Å². The fraction of sp³-hybridized carbons (Fsp3) is 0.786. The summed E-state index contributed by atoms with van der Waals surface area (Å²) < 4.78 is 5.96. The fourth-order valence-electron chi connectivity index (χ4n) is 2.83.